The number of benzene rings is 3. The predicted octanol–water partition coefficient (Wildman–Crippen LogP) is 3.90. The van der Waals surface area contributed by atoms with Crippen LogP contribution in [-0.2, 0) is 10.3 Å². The van der Waals surface area contributed by atoms with Crippen LogP contribution in [0.15, 0.2) is 72.8 Å². The fraction of sp³-hybridized carbons (Fsp3) is 0.310. The fourth-order valence-corrected chi connectivity index (χ4v) is 4.90. The van der Waals surface area contributed by atoms with E-state index in [0.29, 0.717) is 6.67 Å². The van der Waals surface area contributed by atoms with Gasteiger partial charge in [0, 0.05) is 32.7 Å². The number of imide groups is 1. The van der Waals surface area contributed by atoms with Crippen LogP contribution in [0.4, 0.5) is 4.79 Å². The average molecular weight is 485 g/mol. The highest BCUT2D eigenvalue weighted by Gasteiger charge is 2.49. The van der Waals surface area contributed by atoms with Crippen molar-refractivity contribution in [1.82, 2.24) is 20.0 Å². The van der Waals surface area contributed by atoms with Crippen LogP contribution in [0.3, 0.4) is 0 Å². The molecule has 2 aliphatic rings. The van der Waals surface area contributed by atoms with Gasteiger partial charge in [-0.2, -0.15) is 0 Å². The van der Waals surface area contributed by atoms with Crippen LogP contribution in [0, 0.1) is 0 Å². The third kappa shape index (κ3) is 4.85. The van der Waals surface area contributed by atoms with Crippen LogP contribution >= 0.6 is 0 Å². The summed E-state index contributed by atoms with van der Waals surface area (Å²) in [7, 11) is 1.64. The first kappa shape index (κ1) is 24.0. The van der Waals surface area contributed by atoms with Crippen molar-refractivity contribution >= 4 is 28.8 Å². The summed E-state index contributed by atoms with van der Waals surface area (Å²) in [6.07, 6.45) is 4.33. The Morgan fingerprint density at radius 1 is 0.917 bits per heavy atom. The molecular formula is C29H32N4O3. The molecule has 0 spiro atoms. The molecule has 0 radical (unpaired) electrons. The lowest BCUT2D eigenvalue weighted by atomic mass is 9.90. The van der Waals surface area contributed by atoms with Gasteiger partial charge < -0.3 is 10.1 Å². The molecule has 2 saturated heterocycles. The van der Waals surface area contributed by atoms with Crippen molar-refractivity contribution in [3.8, 4) is 5.75 Å². The smallest absolute Gasteiger partial charge is 0.326 e. The monoisotopic (exact) mass is 484 g/mol. The molecule has 0 bridgehead atoms. The molecule has 186 valence electrons. The van der Waals surface area contributed by atoms with Gasteiger partial charge in [-0.25, -0.2) is 9.69 Å². The van der Waals surface area contributed by atoms with E-state index in [1.165, 1.54) is 10.5 Å². The van der Waals surface area contributed by atoms with Crippen molar-refractivity contribution < 1.29 is 14.3 Å². The molecule has 2 aliphatic heterocycles. The quantitative estimate of drug-likeness (QED) is 0.516. The molecule has 7 nitrogen and oxygen atoms in total. The number of rotatable bonds is 7. The zero-order chi connectivity index (χ0) is 25.1. The highest BCUT2D eigenvalue weighted by atomic mass is 16.5. The Kier molecular flexibility index (Phi) is 6.76. The van der Waals surface area contributed by atoms with E-state index in [0.717, 1.165) is 54.8 Å². The summed E-state index contributed by atoms with van der Waals surface area (Å²) in [6.45, 7) is 6.39. The van der Waals surface area contributed by atoms with E-state index < -0.39 is 5.54 Å². The summed E-state index contributed by atoms with van der Waals surface area (Å²) in [5.41, 5.74) is 0.884. The number of hydrogen-bond donors (Lipinski definition) is 1. The zero-order valence-electron chi connectivity index (χ0n) is 20.8. The minimum Gasteiger partial charge on any atom is -0.497 e. The molecule has 1 N–H and O–H groups in total. The molecule has 1 unspecified atom stereocenters. The molecule has 2 heterocycles. The maximum Gasteiger partial charge on any atom is 0.326 e. The van der Waals surface area contributed by atoms with Gasteiger partial charge >= 0.3 is 6.03 Å². The van der Waals surface area contributed by atoms with Gasteiger partial charge in [-0.3, -0.25) is 14.6 Å². The lowest BCUT2D eigenvalue weighted by Crippen LogP contribution is -2.51. The number of piperazine rings is 1. The third-order valence-electron chi connectivity index (χ3n) is 7.18. The van der Waals surface area contributed by atoms with Crippen molar-refractivity contribution in [2.45, 2.75) is 12.5 Å². The second kappa shape index (κ2) is 10.1. The van der Waals surface area contributed by atoms with E-state index in [4.69, 9.17) is 4.74 Å². The SMILES string of the molecule is COc1ccc2cc(C3(C)NC(=O)N(CN4CCN(CC=Cc5ccccc5)CC4)C3=O)ccc2c1. The summed E-state index contributed by atoms with van der Waals surface area (Å²) < 4.78 is 5.30. The van der Waals surface area contributed by atoms with E-state index in [2.05, 4.69) is 39.4 Å². The summed E-state index contributed by atoms with van der Waals surface area (Å²) in [4.78, 5) is 32.2. The Hall–Kier alpha value is -3.68. The van der Waals surface area contributed by atoms with Gasteiger partial charge in [-0.05, 0) is 47.0 Å². The van der Waals surface area contributed by atoms with Crippen LogP contribution in [0.2, 0.25) is 0 Å². The first-order chi connectivity index (χ1) is 17.5. The Labute approximate surface area is 211 Å². The zero-order valence-corrected chi connectivity index (χ0v) is 20.8. The maximum atomic E-state index is 13.5. The summed E-state index contributed by atoms with van der Waals surface area (Å²) in [5, 5.41) is 4.96. The Morgan fingerprint density at radius 2 is 1.61 bits per heavy atom. The number of nitrogens with zero attached hydrogens (tertiary/aromatic N) is 3. The normalized spacial score (nSPS) is 21.4. The first-order valence-corrected chi connectivity index (χ1v) is 12.3. The fourth-order valence-electron chi connectivity index (χ4n) is 4.90. The minimum atomic E-state index is -1.09. The van der Waals surface area contributed by atoms with Crippen LogP contribution in [0.1, 0.15) is 18.1 Å². The number of fused-ring (bicyclic) bond motifs is 1. The van der Waals surface area contributed by atoms with Gasteiger partial charge in [0.1, 0.15) is 11.3 Å². The van der Waals surface area contributed by atoms with Crippen molar-refractivity contribution in [1.29, 1.82) is 0 Å². The number of carbonyl (C=O) groups is 2. The molecule has 0 aliphatic carbocycles. The van der Waals surface area contributed by atoms with Gasteiger partial charge in [0.2, 0.25) is 0 Å². The van der Waals surface area contributed by atoms with E-state index in [1.807, 2.05) is 54.6 Å². The van der Waals surface area contributed by atoms with Crippen LogP contribution in [-0.4, -0.2) is 73.1 Å². The molecule has 5 rings (SSSR count). The number of nitrogens with one attached hydrogen (secondary N) is 1. The Bertz CT molecular complexity index is 1280. The lowest BCUT2D eigenvalue weighted by Gasteiger charge is -2.35. The summed E-state index contributed by atoms with van der Waals surface area (Å²) in [6, 6.07) is 21.6. The number of urea groups is 1. The van der Waals surface area contributed by atoms with E-state index >= 15 is 0 Å². The van der Waals surface area contributed by atoms with Crippen LogP contribution < -0.4 is 10.1 Å². The highest BCUT2D eigenvalue weighted by molar-refractivity contribution is 6.07. The second-order valence-corrected chi connectivity index (χ2v) is 9.59. The van der Waals surface area contributed by atoms with Gasteiger partial charge in [-0.15, -0.1) is 0 Å². The van der Waals surface area contributed by atoms with Crippen molar-refractivity contribution in [3.05, 3.63) is 83.9 Å². The molecule has 36 heavy (non-hydrogen) atoms. The molecule has 0 saturated carbocycles. The number of methoxy groups -OCH3 is 1. The number of amides is 3. The van der Waals surface area contributed by atoms with E-state index in [-0.39, 0.29) is 11.9 Å². The molecule has 3 aromatic carbocycles. The standard InChI is InChI=1S/C29H32N4O3/c1-29(25-12-10-24-20-26(36-2)13-11-23(24)19-25)27(34)33(28(35)30-29)21-32-17-15-31(16-18-32)14-6-9-22-7-4-3-5-8-22/h3-13,19-20H,14-18,21H2,1-2H3,(H,30,35). The van der Waals surface area contributed by atoms with Gasteiger partial charge in [0.15, 0.2) is 0 Å². The largest absolute Gasteiger partial charge is 0.497 e. The van der Waals surface area contributed by atoms with Crippen molar-refractivity contribution in [2.75, 3.05) is 46.5 Å². The second-order valence-electron chi connectivity index (χ2n) is 9.59. The summed E-state index contributed by atoms with van der Waals surface area (Å²) >= 11 is 0. The number of hydrogen-bond acceptors (Lipinski definition) is 5. The molecule has 2 fully saturated rings. The molecule has 3 amide bonds. The van der Waals surface area contributed by atoms with Gasteiger partial charge in [0.25, 0.3) is 5.91 Å². The third-order valence-corrected chi connectivity index (χ3v) is 7.18. The molecule has 3 aromatic rings. The van der Waals surface area contributed by atoms with Crippen molar-refractivity contribution in [2.24, 2.45) is 0 Å². The van der Waals surface area contributed by atoms with Gasteiger partial charge in [-0.1, -0.05) is 60.7 Å². The Balaban J connectivity index is 1.19. The lowest BCUT2D eigenvalue weighted by molar-refractivity contribution is -0.132. The van der Waals surface area contributed by atoms with Crippen LogP contribution in [0.25, 0.3) is 16.8 Å². The minimum absolute atomic E-state index is 0.214. The van der Waals surface area contributed by atoms with E-state index in [1.54, 1.807) is 14.0 Å². The van der Waals surface area contributed by atoms with Crippen LogP contribution in [0.5, 0.6) is 5.75 Å². The molecule has 1 atom stereocenters. The predicted molar refractivity (Wildman–Crippen MR) is 142 cm³/mol. The number of ether oxygens (including phenoxy) is 1. The number of carbonyl (C=O) groups excluding carboxylic acids is 2. The van der Waals surface area contributed by atoms with Crippen molar-refractivity contribution in [3.63, 3.8) is 0 Å². The molecular weight excluding hydrogens is 452 g/mol. The Morgan fingerprint density at radius 3 is 2.36 bits per heavy atom. The summed E-state index contributed by atoms with van der Waals surface area (Å²) in [5.74, 6) is 0.568. The first-order valence-electron chi connectivity index (χ1n) is 12.3. The molecule has 0 aromatic heterocycles. The van der Waals surface area contributed by atoms with E-state index in [9.17, 15) is 9.59 Å². The average Bonchev–Trinajstić information content (AvgIpc) is 3.13. The maximum absolute atomic E-state index is 13.5. The molecule has 7 heteroatoms. The highest BCUT2D eigenvalue weighted by Crippen LogP contribution is 2.32. The van der Waals surface area contributed by atoms with Gasteiger partial charge in [0.05, 0.1) is 13.8 Å². The topological polar surface area (TPSA) is 65.1 Å².